The molecule has 0 aromatic heterocycles. The van der Waals surface area contributed by atoms with Gasteiger partial charge in [0.15, 0.2) is 0 Å². The van der Waals surface area contributed by atoms with Crippen molar-refractivity contribution in [1.82, 2.24) is 10.2 Å². The number of likely N-dealkylation sites (tertiary alicyclic amines) is 1. The van der Waals surface area contributed by atoms with Gasteiger partial charge in [-0.2, -0.15) is 0 Å². The molecule has 1 saturated carbocycles. The molecule has 0 bridgehead atoms. The molecule has 0 radical (unpaired) electrons. The van der Waals surface area contributed by atoms with Crippen molar-refractivity contribution in [3.63, 3.8) is 0 Å². The Morgan fingerprint density at radius 1 is 1.33 bits per heavy atom. The van der Waals surface area contributed by atoms with Gasteiger partial charge in [-0.1, -0.05) is 0 Å². The van der Waals surface area contributed by atoms with Crippen LogP contribution in [0, 0.1) is 11.8 Å². The normalized spacial score (nSPS) is 22.1. The van der Waals surface area contributed by atoms with Crippen LogP contribution in [0.5, 0.6) is 0 Å². The largest absolute Gasteiger partial charge is 0.481 e. The van der Waals surface area contributed by atoms with Gasteiger partial charge in [0.25, 0.3) is 0 Å². The lowest BCUT2D eigenvalue weighted by atomic mass is 10.0. The van der Waals surface area contributed by atoms with Gasteiger partial charge in [-0.15, -0.1) is 0 Å². The molecular formula is C10H16N2O3. The van der Waals surface area contributed by atoms with E-state index >= 15 is 0 Å². The van der Waals surface area contributed by atoms with Gasteiger partial charge < -0.3 is 10.4 Å². The summed E-state index contributed by atoms with van der Waals surface area (Å²) in [5.74, 6) is -0.325. The summed E-state index contributed by atoms with van der Waals surface area (Å²) in [4.78, 5) is 23.7. The molecule has 2 rings (SSSR count). The summed E-state index contributed by atoms with van der Waals surface area (Å²) in [5.41, 5.74) is 0. The number of nitrogens with one attached hydrogen (secondary N) is 1. The Labute approximate surface area is 88.4 Å². The zero-order valence-corrected chi connectivity index (χ0v) is 8.61. The Morgan fingerprint density at radius 3 is 2.53 bits per heavy atom. The third-order valence-electron chi connectivity index (χ3n) is 2.96. The first kappa shape index (κ1) is 10.4. The molecule has 1 amide bonds. The molecule has 5 nitrogen and oxygen atoms in total. The third-order valence-corrected chi connectivity index (χ3v) is 2.96. The van der Waals surface area contributed by atoms with E-state index in [-0.39, 0.29) is 11.8 Å². The van der Waals surface area contributed by atoms with Gasteiger partial charge in [-0.05, 0) is 18.8 Å². The van der Waals surface area contributed by atoms with E-state index in [0.717, 1.165) is 6.54 Å². The minimum absolute atomic E-state index is 0.0192. The topological polar surface area (TPSA) is 69.6 Å². The van der Waals surface area contributed by atoms with Crippen molar-refractivity contribution in [3.8, 4) is 0 Å². The Balaban J connectivity index is 1.57. The average molecular weight is 212 g/mol. The number of amides is 1. The molecule has 0 unspecified atom stereocenters. The SMILES string of the molecule is O=C(CN1CC(C(=O)O)C1)NCC1CC1. The van der Waals surface area contributed by atoms with Crippen LogP contribution in [-0.4, -0.2) is 48.1 Å². The van der Waals surface area contributed by atoms with E-state index in [4.69, 9.17) is 5.11 Å². The lowest BCUT2D eigenvalue weighted by molar-refractivity contribution is -0.148. The van der Waals surface area contributed by atoms with Crippen LogP contribution < -0.4 is 5.32 Å². The van der Waals surface area contributed by atoms with Crippen LogP contribution >= 0.6 is 0 Å². The second kappa shape index (κ2) is 4.18. The standard InChI is InChI=1S/C10H16N2O3/c13-9(11-3-7-1-2-7)6-12-4-8(5-12)10(14)15/h7-8H,1-6H2,(H,11,13)(H,14,15). The minimum atomic E-state index is -0.760. The van der Waals surface area contributed by atoms with Crippen LogP contribution in [0.3, 0.4) is 0 Å². The summed E-state index contributed by atoms with van der Waals surface area (Å²) in [6.45, 7) is 2.14. The van der Waals surface area contributed by atoms with Crippen molar-refractivity contribution in [1.29, 1.82) is 0 Å². The van der Waals surface area contributed by atoms with Crippen LogP contribution in [-0.2, 0) is 9.59 Å². The molecule has 84 valence electrons. The number of carboxylic acid groups (broad SMARTS) is 1. The summed E-state index contributed by atoms with van der Waals surface area (Å²) in [6, 6.07) is 0. The lowest BCUT2D eigenvalue weighted by Crippen LogP contribution is -2.53. The van der Waals surface area contributed by atoms with Gasteiger partial charge in [0.2, 0.25) is 5.91 Å². The van der Waals surface area contributed by atoms with Gasteiger partial charge in [-0.3, -0.25) is 14.5 Å². The molecule has 1 heterocycles. The summed E-state index contributed by atoms with van der Waals surface area (Å²) < 4.78 is 0. The van der Waals surface area contributed by atoms with Crippen LogP contribution in [0.4, 0.5) is 0 Å². The predicted octanol–water partition coefficient (Wildman–Crippen LogP) is -0.471. The number of aliphatic carboxylic acids is 1. The average Bonchev–Trinajstić information content (AvgIpc) is 2.89. The molecular weight excluding hydrogens is 196 g/mol. The highest BCUT2D eigenvalue weighted by molar-refractivity contribution is 5.79. The van der Waals surface area contributed by atoms with Crippen LogP contribution in [0.1, 0.15) is 12.8 Å². The zero-order valence-electron chi connectivity index (χ0n) is 8.61. The number of nitrogens with zero attached hydrogens (tertiary/aromatic N) is 1. The maximum absolute atomic E-state index is 11.4. The van der Waals surface area contributed by atoms with E-state index in [2.05, 4.69) is 5.32 Å². The summed E-state index contributed by atoms with van der Waals surface area (Å²) in [5, 5.41) is 11.5. The zero-order chi connectivity index (χ0) is 10.8. The molecule has 5 heteroatoms. The van der Waals surface area contributed by atoms with Crippen molar-refractivity contribution in [3.05, 3.63) is 0 Å². The van der Waals surface area contributed by atoms with E-state index in [1.165, 1.54) is 12.8 Å². The quantitative estimate of drug-likeness (QED) is 0.646. The molecule has 0 spiro atoms. The van der Waals surface area contributed by atoms with E-state index in [0.29, 0.717) is 25.6 Å². The lowest BCUT2D eigenvalue weighted by Gasteiger charge is -2.35. The molecule has 0 aromatic rings. The third kappa shape index (κ3) is 2.92. The van der Waals surface area contributed by atoms with E-state index in [1.807, 2.05) is 4.90 Å². The first-order valence-electron chi connectivity index (χ1n) is 5.37. The minimum Gasteiger partial charge on any atom is -0.481 e. The van der Waals surface area contributed by atoms with Gasteiger partial charge in [0.05, 0.1) is 12.5 Å². The highest BCUT2D eigenvalue weighted by Gasteiger charge is 2.33. The molecule has 2 N–H and O–H groups in total. The molecule has 0 atom stereocenters. The number of carbonyl (C=O) groups excluding carboxylic acids is 1. The second-order valence-corrected chi connectivity index (χ2v) is 4.48. The fraction of sp³-hybridized carbons (Fsp3) is 0.800. The molecule has 2 fully saturated rings. The first-order chi connectivity index (χ1) is 7.15. The second-order valence-electron chi connectivity index (χ2n) is 4.48. The van der Waals surface area contributed by atoms with E-state index in [9.17, 15) is 9.59 Å². The van der Waals surface area contributed by atoms with Crippen molar-refractivity contribution in [2.24, 2.45) is 11.8 Å². The first-order valence-corrected chi connectivity index (χ1v) is 5.37. The summed E-state index contributed by atoms with van der Waals surface area (Å²) >= 11 is 0. The molecule has 0 aromatic carbocycles. The van der Waals surface area contributed by atoms with Crippen molar-refractivity contribution in [2.45, 2.75) is 12.8 Å². The van der Waals surface area contributed by atoms with Gasteiger partial charge in [0, 0.05) is 19.6 Å². The number of hydrogen-bond acceptors (Lipinski definition) is 3. The monoisotopic (exact) mass is 212 g/mol. The number of rotatable bonds is 5. The maximum Gasteiger partial charge on any atom is 0.309 e. The van der Waals surface area contributed by atoms with Gasteiger partial charge >= 0.3 is 5.97 Å². The Kier molecular flexibility index (Phi) is 2.90. The number of carboxylic acids is 1. The predicted molar refractivity (Wildman–Crippen MR) is 53.3 cm³/mol. The summed E-state index contributed by atoms with van der Waals surface area (Å²) in [6.07, 6.45) is 2.45. The molecule has 1 saturated heterocycles. The van der Waals surface area contributed by atoms with Crippen LogP contribution in [0.15, 0.2) is 0 Å². The number of hydrogen-bond donors (Lipinski definition) is 2. The van der Waals surface area contributed by atoms with Crippen molar-refractivity contribution in [2.75, 3.05) is 26.2 Å². The fourth-order valence-corrected chi connectivity index (χ4v) is 1.69. The number of carbonyl (C=O) groups is 2. The van der Waals surface area contributed by atoms with Crippen LogP contribution in [0.25, 0.3) is 0 Å². The van der Waals surface area contributed by atoms with E-state index in [1.54, 1.807) is 0 Å². The van der Waals surface area contributed by atoms with Crippen molar-refractivity contribution < 1.29 is 14.7 Å². The fourth-order valence-electron chi connectivity index (χ4n) is 1.69. The molecule has 1 aliphatic heterocycles. The van der Waals surface area contributed by atoms with E-state index < -0.39 is 5.97 Å². The highest BCUT2D eigenvalue weighted by atomic mass is 16.4. The smallest absolute Gasteiger partial charge is 0.309 e. The maximum atomic E-state index is 11.4. The highest BCUT2D eigenvalue weighted by Crippen LogP contribution is 2.27. The van der Waals surface area contributed by atoms with Crippen LogP contribution in [0.2, 0.25) is 0 Å². The Bertz CT molecular complexity index is 270. The van der Waals surface area contributed by atoms with Gasteiger partial charge in [-0.25, -0.2) is 0 Å². The Hall–Kier alpha value is -1.10. The molecule has 1 aliphatic carbocycles. The Morgan fingerprint density at radius 2 is 2.00 bits per heavy atom. The molecule has 2 aliphatic rings. The van der Waals surface area contributed by atoms with Crippen molar-refractivity contribution >= 4 is 11.9 Å². The van der Waals surface area contributed by atoms with Gasteiger partial charge in [0.1, 0.15) is 0 Å². The molecule has 15 heavy (non-hydrogen) atoms. The summed E-state index contributed by atoms with van der Waals surface area (Å²) in [7, 11) is 0.